The number of hydrogen-bond acceptors (Lipinski definition) is 6. The van der Waals surface area contributed by atoms with E-state index in [9.17, 15) is 9.18 Å². The Morgan fingerprint density at radius 2 is 1.88 bits per heavy atom. The lowest BCUT2D eigenvalue weighted by atomic mass is 10.2. The number of anilines is 1. The molecule has 0 saturated carbocycles. The van der Waals surface area contributed by atoms with Crippen LogP contribution in [0.1, 0.15) is 18.8 Å². The molecule has 11 heteroatoms. The van der Waals surface area contributed by atoms with Gasteiger partial charge in [-0.15, -0.1) is 0 Å². The van der Waals surface area contributed by atoms with Gasteiger partial charge < -0.3 is 10.3 Å². The Balaban J connectivity index is 1.73. The SMILES string of the molecule is C[C@H](Nc1ncnc2[nH]cnc12)c1nc2ccc(F)c(Cl)c2c(=O)n1-c1ccc(Cl)cc1. The third-order valence-electron chi connectivity index (χ3n) is 5.00. The fraction of sp³-hybridized carbons (Fsp3) is 0.0952. The van der Waals surface area contributed by atoms with Crippen LogP contribution in [0.25, 0.3) is 27.8 Å². The molecule has 3 heterocycles. The van der Waals surface area contributed by atoms with E-state index in [0.29, 0.717) is 33.5 Å². The van der Waals surface area contributed by atoms with Crippen molar-refractivity contribution in [3.8, 4) is 5.69 Å². The highest BCUT2D eigenvalue weighted by molar-refractivity contribution is 6.35. The topological polar surface area (TPSA) is 101 Å². The number of halogens is 3. The molecule has 0 spiro atoms. The molecule has 160 valence electrons. The zero-order chi connectivity index (χ0) is 22.4. The van der Waals surface area contributed by atoms with Crippen LogP contribution in [-0.4, -0.2) is 29.5 Å². The van der Waals surface area contributed by atoms with Gasteiger partial charge in [0.1, 0.15) is 23.5 Å². The summed E-state index contributed by atoms with van der Waals surface area (Å²) in [4.78, 5) is 33.7. The van der Waals surface area contributed by atoms with Crippen molar-refractivity contribution in [1.29, 1.82) is 0 Å². The summed E-state index contributed by atoms with van der Waals surface area (Å²) in [6, 6.07) is 8.77. The zero-order valence-electron chi connectivity index (χ0n) is 16.5. The Kier molecular flexibility index (Phi) is 4.99. The Bertz CT molecular complexity index is 1530. The lowest BCUT2D eigenvalue weighted by molar-refractivity contribution is 0.629. The molecular weight excluding hydrogens is 456 g/mol. The first-order valence-corrected chi connectivity index (χ1v) is 10.3. The lowest BCUT2D eigenvalue weighted by Gasteiger charge is -2.20. The third kappa shape index (κ3) is 3.35. The van der Waals surface area contributed by atoms with Gasteiger partial charge in [-0.1, -0.05) is 23.2 Å². The molecule has 2 aromatic carbocycles. The van der Waals surface area contributed by atoms with Gasteiger partial charge in [0.25, 0.3) is 5.56 Å². The summed E-state index contributed by atoms with van der Waals surface area (Å²) in [6.07, 6.45) is 2.92. The molecule has 5 aromatic rings. The highest BCUT2D eigenvalue weighted by Crippen LogP contribution is 2.27. The lowest BCUT2D eigenvalue weighted by Crippen LogP contribution is -2.27. The molecule has 8 nitrogen and oxygen atoms in total. The van der Waals surface area contributed by atoms with E-state index in [1.807, 2.05) is 6.92 Å². The van der Waals surface area contributed by atoms with Crippen LogP contribution >= 0.6 is 23.2 Å². The minimum atomic E-state index is -0.693. The summed E-state index contributed by atoms with van der Waals surface area (Å²) in [7, 11) is 0. The number of imidazole rings is 1. The van der Waals surface area contributed by atoms with Crippen LogP contribution < -0.4 is 10.9 Å². The number of aromatic nitrogens is 6. The van der Waals surface area contributed by atoms with E-state index in [2.05, 4.69) is 30.2 Å². The average Bonchev–Trinajstić information content (AvgIpc) is 3.27. The van der Waals surface area contributed by atoms with Crippen molar-refractivity contribution in [2.24, 2.45) is 0 Å². The summed E-state index contributed by atoms with van der Waals surface area (Å²) in [5.41, 5.74) is 1.40. The molecule has 2 N–H and O–H groups in total. The van der Waals surface area contributed by atoms with Crippen LogP contribution in [0.4, 0.5) is 10.2 Å². The third-order valence-corrected chi connectivity index (χ3v) is 5.62. The van der Waals surface area contributed by atoms with Crippen LogP contribution in [0.3, 0.4) is 0 Å². The fourth-order valence-electron chi connectivity index (χ4n) is 3.50. The first kappa shape index (κ1) is 20.3. The van der Waals surface area contributed by atoms with Gasteiger partial charge in [-0.3, -0.25) is 9.36 Å². The summed E-state index contributed by atoms with van der Waals surface area (Å²) in [5, 5.41) is 3.47. The molecule has 3 aromatic heterocycles. The zero-order valence-corrected chi connectivity index (χ0v) is 18.0. The predicted molar refractivity (Wildman–Crippen MR) is 121 cm³/mol. The molecule has 0 aliphatic heterocycles. The van der Waals surface area contributed by atoms with Crippen molar-refractivity contribution >= 4 is 51.1 Å². The molecule has 0 radical (unpaired) electrons. The van der Waals surface area contributed by atoms with Gasteiger partial charge in [0.05, 0.1) is 34.0 Å². The van der Waals surface area contributed by atoms with Crippen LogP contribution in [0, 0.1) is 5.82 Å². The smallest absolute Gasteiger partial charge is 0.267 e. The predicted octanol–water partition coefficient (Wildman–Crippen LogP) is 4.67. The minimum absolute atomic E-state index is 0.00528. The van der Waals surface area contributed by atoms with Crippen molar-refractivity contribution in [1.82, 2.24) is 29.5 Å². The van der Waals surface area contributed by atoms with E-state index in [1.54, 1.807) is 24.3 Å². The van der Waals surface area contributed by atoms with Gasteiger partial charge in [-0.05, 0) is 43.3 Å². The van der Waals surface area contributed by atoms with Gasteiger partial charge in [0.2, 0.25) is 0 Å². The number of aromatic amines is 1. The van der Waals surface area contributed by atoms with Crippen molar-refractivity contribution in [2.45, 2.75) is 13.0 Å². The number of nitrogens with zero attached hydrogens (tertiary/aromatic N) is 5. The molecular formula is C21H14Cl2FN7O. The minimum Gasteiger partial charge on any atom is -0.358 e. The first-order chi connectivity index (χ1) is 15.4. The van der Waals surface area contributed by atoms with Gasteiger partial charge in [0, 0.05) is 5.02 Å². The van der Waals surface area contributed by atoms with Gasteiger partial charge in [0.15, 0.2) is 11.5 Å². The molecule has 0 aliphatic carbocycles. The highest BCUT2D eigenvalue weighted by atomic mass is 35.5. The van der Waals surface area contributed by atoms with Gasteiger partial charge in [-0.2, -0.15) is 0 Å². The molecule has 0 bridgehead atoms. The monoisotopic (exact) mass is 469 g/mol. The van der Waals surface area contributed by atoms with Crippen molar-refractivity contribution < 1.29 is 4.39 Å². The van der Waals surface area contributed by atoms with Crippen LogP contribution in [0.5, 0.6) is 0 Å². The van der Waals surface area contributed by atoms with Crippen LogP contribution in [0.2, 0.25) is 10.0 Å². The standard InChI is InChI=1S/C21H14Cl2FN7O/c1-10(29-19-17-18(26-8-25-17)27-9-28-19)20-30-14-7-6-13(24)16(23)15(14)21(32)31(20)12-4-2-11(22)3-5-12/h2-10H,1H3,(H2,25,26,27,28,29)/t10-/m0/s1. The van der Waals surface area contributed by atoms with E-state index in [-0.39, 0.29) is 15.9 Å². The van der Waals surface area contributed by atoms with Gasteiger partial charge >= 0.3 is 0 Å². The van der Waals surface area contributed by atoms with E-state index in [0.717, 1.165) is 0 Å². The second kappa shape index (κ2) is 7.85. The molecule has 0 saturated heterocycles. The second-order valence-corrected chi connectivity index (χ2v) is 7.84. The number of H-pyrrole nitrogens is 1. The van der Waals surface area contributed by atoms with Gasteiger partial charge in [-0.25, -0.2) is 24.3 Å². The maximum absolute atomic E-state index is 14.1. The van der Waals surface area contributed by atoms with Crippen LogP contribution in [-0.2, 0) is 0 Å². The van der Waals surface area contributed by atoms with Crippen LogP contribution in [0.15, 0.2) is 53.8 Å². The number of fused-ring (bicyclic) bond motifs is 2. The molecule has 32 heavy (non-hydrogen) atoms. The normalized spacial score (nSPS) is 12.4. The quantitative estimate of drug-likeness (QED) is 0.396. The second-order valence-electron chi connectivity index (χ2n) is 7.03. The van der Waals surface area contributed by atoms with Crippen molar-refractivity contribution in [3.63, 3.8) is 0 Å². The summed E-state index contributed by atoms with van der Waals surface area (Å²) < 4.78 is 15.5. The number of rotatable bonds is 4. The highest BCUT2D eigenvalue weighted by Gasteiger charge is 2.22. The Hall–Kier alpha value is -3.56. The maximum atomic E-state index is 14.1. The van der Waals surface area contributed by atoms with E-state index >= 15 is 0 Å². The molecule has 0 fully saturated rings. The Labute approximate surface area is 190 Å². The largest absolute Gasteiger partial charge is 0.358 e. The molecule has 0 aliphatic rings. The number of benzene rings is 2. The molecule has 1 atom stereocenters. The summed E-state index contributed by atoms with van der Waals surface area (Å²) in [6.45, 7) is 1.83. The first-order valence-electron chi connectivity index (χ1n) is 9.51. The number of hydrogen-bond donors (Lipinski definition) is 2. The summed E-state index contributed by atoms with van der Waals surface area (Å²) >= 11 is 12.2. The Morgan fingerprint density at radius 3 is 2.66 bits per heavy atom. The average molecular weight is 470 g/mol. The Morgan fingerprint density at radius 1 is 1.09 bits per heavy atom. The van der Waals surface area contributed by atoms with E-state index in [4.69, 9.17) is 23.2 Å². The number of nitrogens with one attached hydrogen (secondary N) is 2. The molecule has 0 unspecified atom stereocenters. The molecule has 5 rings (SSSR count). The van der Waals surface area contributed by atoms with E-state index < -0.39 is 17.4 Å². The van der Waals surface area contributed by atoms with Crippen molar-refractivity contribution in [2.75, 3.05) is 5.32 Å². The molecule has 0 amide bonds. The van der Waals surface area contributed by atoms with E-state index in [1.165, 1.54) is 29.4 Å². The maximum Gasteiger partial charge on any atom is 0.267 e. The fourth-order valence-corrected chi connectivity index (χ4v) is 3.86. The summed E-state index contributed by atoms with van der Waals surface area (Å²) in [5.74, 6) is 0.147. The van der Waals surface area contributed by atoms with Crippen molar-refractivity contribution in [3.05, 3.63) is 81.1 Å².